The molecule has 0 saturated heterocycles. The van der Waals surface area contributed by atoms with E-state index in [2.05, 4.69) is 18.5 Å². The van der Waals surface area contributed by atoms with Crippen LogP contribution in [0.5, 0.6) is 0 Å². The number of para-hydroxylation sites is 1. The van der Waals surface area contributed by atoms with Crippen LogP contribution in [-0.4, -0.2) is 5.91 Å². The van der Waals surface area contributed by atoms with Crippen molar-refractivity contribution in [2.45, 2.75) is 13.8 Å². The van der Waals surface area contributed by atoms with E-state index in [1.165, 1.54) is 18.2 Å². The Balaban J connectivity index is 0.00000172. The third kappa shape index (κ3) is 6.50. The molecule has 1 aromatic carbocycles. The first-order valence-corrected chi connectivity index (χ1v) is 6.36. The normalized spacial score (nSPS) is 10.4. The molecule has 0 saturated carbocycles. The Hall–Kier alpha value is -2.42. The zero-order valence-electron chi connectivity index (χ0n) is 11.9. The zero-order chi connectivity index (χ0) is 15.4. The standard InChI is InChI=1S/C15H14FNO.C2H6/c1-3-7-12(4-2)10-11-15(18)17-14-9-6-5-8-13(14)16;1-2/h3-11H,1-2H2,(H,17,18);1-2H3/b11-10+,12-7+;. The van der Waals surface area contributed by atoms with E-state index in [0.717, 1.165) is 5.57 Å². The van der Waals surface area contributed by atoms with Crippen LogP contribution in [0.1, 0.15) is 13.8 Å². The van der Waals surface area contributed by atoms with Gasteiger partial charge in [0.25, 0.3) is 0 Å². The summed E-state index contributed by atoms with van der Waals surface area (Å²) in [5, 5.41) is 2.44. The van der Waals surface area contributed by atoms with Gasteiger partial charge in [0.15, 0.2) is 0 Å². The number of benzene rings is 1. The Morgan fingerprint density at radius 1 is 1.20 bits per heavy atom. The Morgan fingerprint density at radius 3 is 2.40 bits per heavy atom. The minimum absolute atomic E-state index is 0.153. The van der Waals surface area contributed by atoms with E-state index < -0.39 is 11.7 Å². The molecule has 1 rings (SSSR count). The molecule has 0 radical (unpaired) electrons. The van der Waals surface area contributed by atoms with Crippen molar-refractivity contribution in [1.82, 2.24) is 0 Å². The van der Waals surface area contributed by atoms with E-state index in [-0.39, 0.29) is 5.69 Å². The molecule has 1 aromatic rings. The molecule has 3 heteroatoms. The highest BCUT2D eigenvalue weighted by Gasteiger charge is 2.02. The number of rotatable bonds is 5. The van der Waals surface area contributed by atoms with Gasteiger partial charge in [0, 0.05) is 6.08 Å². The van der Waals surface area contributed by atoms with Crippen molar-refractivity contribution in [3.63, 3.8) is 0 Å². The second-order valence-corrected chi connectivity index (χ2v) is 3.41. The van der Waals surface area contributed by atoms with Crippen molar-refractivity contribution in [2.24, 2.45) is 0 Å². The van der Waals surface area contributed by atoms with Gasteiger partial charge >= 0.3 is 0 Å². The van der Waals surface area contributed by atoms with Crippen LogP contribution >= 0.6 is 0 Å². The molecule has 0 atom stereocenters. The van der Waals surface area contributed by atoms with Crippen LogP contribution in [0, 0.1) is 5.82 Å². The van der Waals surface area contributed by atoms with Gasteiger partial charge in [-0.05, 0) is 23.8 Å². The summed E-state index contributed by atoms with van der Waals surface area (Å²) in [7, 11) is 0. The van der Waals surface area contributed by atoms with E-state index in [4.69, 9.17) is 0 Å². The summed E-state index contributed by atoms with van der Waals surface area (Å²) >= 11 is 0. The van der Waals surface area contributed by atoms with Crippen molar-refractivity contribution in [3.8, 4) is 0 Å². The minimum atomic E-state index is -0.468. The maximum absolute atomic E-state index is 13.3. The lowest BCUT2D eigenvalue weighted by atomic mass is 10.2. The first-order valence-electron chi connectivity index (χ1n) is 6.36. The van der Waals surface area contributed by atoms with E-state index >= 15 is 0 Å². The molecule has 0 unspecified atom stereocenters. The molecule has 0 aliphatic heterocycles. The fraction of sp³-hybridized carbons (Fsp3) is 0.118. The topological polar surface area (TPSA) is 29.1 Å². The summed E-state index contributed by atoms with van der Waals surface area (Å²) in [6.45, 7) is 11.1. The highest BCUT2D eigenvalue weighted by atomic mass is 19.1. The molecule has 0 fully saturated rings. The van der Waals surface area contributed by atoms with Crippen LogP contribution in [0.2, 0.25) is 0 Å². The highest BCUT2D eigenvalue weighted by Crippen LogP contribution is 2.12. The molecule has 0 spiro atoms. The lowest BCUT2D eigenvalue weighted by molar-refractivity contribution is -0.111. The van der Waals surface area contributed by atoms with Crippen molar-refractivity contribution in [3.05, 3.63) is 79.2 Å². The summed E-state index contributed by atoms with van der Waals surface area (Å²) < 4.78 is 13.3. The lowest BCUT2D eigenvalue weighted by Crippen LogP contribution is -2.09. The molecule has 0 heterocycles. The van der Waals surface area contributed by atoms with Crippen molar-refractivity contribution < 1.29 is 9.18 Å². The fourth-order valence-electron chi connectivity index (χ4n) is 1.24. The number of allylic oxidation sites excluding steroid dienone is 5. The molecule has 1 N–H and O–H groups in total. The van der Waals surface area contributed by atoms with E-state index in [1.54, 1.807) is 36.4 Å². The van der Waals surface area contributed by atoms with Gasteiger partial charge in [0.1, 0.15) is 5.82 Å². The van der Waals surface area contributed by atoms with Gasteiger partial charge in [-0.15, -0.1) is 0 Å². The molecule has 0 aliphatic carbocycles. The molecule has 0 aromatic heterocycles. The zero-order valence-corrected chi connectivity index (χ0v) is 11.9. The second-order valence-electron chi connectivity index (χ2n) is 3.41. The van der Waals surface area contributed by atoms with Gasteiger partial charge in [-0.3, -0.25) is 4.79 Å². The second kappa shape index (κ2) is 10.5. The van der Waals surface area contributed by atoms with Crippen molar-refractivity contribution in [2.75, 3.05) is 5.32 Å². The van der Waals surface area contributed by atoms with Crippen molar-refractivity contribution in [1.29, 1.82) is 0 Å². The van der Waals surface area contributed by atoms with Gasteiger partial charge in [-0.25, -0.2) is 4.39 Å². The van der Waals surface area contributed by atoms with Crippen LogP contribution in [0.15, 0.2) is 73.4 Å². The fourth-order valence-corrected chi connectivity index (χ4v) is 1.24. The average molecular weight is 273 g/mol. The van der Waals surface area contributed by atoms with Crippen molar-refractivity contribution >= 4 is 11.6 Å². The SMILES string of the molecule is C=C/C=C(C=C)/C=C/C(=O)Nc1ccccc1F.CC. The van der Waals surface area contributed by atoms with E-state index in [0.29, 0.717) is 0 Å². The monoisotopic (exact) mass is 273 g/mol. The number of halogens is 1. The summed E-state index contributed by atoms with van der Waals surface area (Å²) in [4.78, 5) is 11.5. The largest absolute Gasteiger partial charge is 0.320 e. The quantitative estimate of drug-likeness (QED) is 0.614. The predicted molar refractivity (Wildman–Crippen MR) is 84.0 cm³/mol. The molecule has 0 bridgehead atoms. The van der Waals surface area contributed by atoms with Gasteiger partial charge in [-0.1, -0.05) is 57.4 Å². The molecule has 106 valence electrons. The van der Waals surface area contributed by atoms with Gasteiger partial charge in [-0.2, -0.15) is 0 Å². The van der Waals surface area contributed by atoms with E-state index in [9.17, 15) is 9.18 Å². The van der Waals surface area contributed by atoms with Crippen LogP contribution < -0.4 is 5.32 Å². The molecule has 2 nitrogen and oxygen atoms in total. The highest BCUT2D eigenvalue weighted by molar-refractivity contribution is 5.99. The smallest absolute Gasteiger partial charge is 0.248 e. The van der Waals surface area contributed by atoms with Crippen LogP contribution in [0.4, 0.5) is 10.1 Å². The first kappa shape index (κ1) is 17.6. The maximum atomic E-state index is 13.3. The van der Waals surface area contributed by atoms with Gasteiger partial charge < -0.3 is 5.32 Å². The third-order valence-corrected chi connectivity index (χ3v) is 2.10. The van der Waals surface area contributed by atoms with Crippen LogP contribution in [-0.2, 0) is 4.79 Å². The Labute approximate surface area is 120 Å². The third-order valence-electron chi connectivity index (χ3n) is 2.10. The van der Waals surface area contributed by atoms with Gasteiger partial charge in [0.2, 0.25) is 5.91 Å². The number of amides is 1. The number of anilines is 1. The summed E-state index contributed by atoms with van der Waals surface area (Å²) in [6, 6.07) is 5.99. The molecular weight excluding hydrogens is 253 g/mol. The van der Waals surface area contributed by atoms with Crippen LogP contribution in [0.25, 0.3) is 0 Å². The lowest BCUT2D eigenvalue weighted by Gasteiger charge is -2.02. The van der Waals surface area contributed by atoms with Crippen LogP contribution in [0.3, 0.4) is 0 Å². The summed E-state index contributed by atoms with van der Waals surface area (Å²) in [5.74, 6) is -0.873. The Bertz CT molecular complexity index is 515. The number of carbonyl (C=O) groups excluding carboxylic acids is 1. The number of hydrogen-bond acceptors (Lipinski definition) is 1. The van der Waals surface area contributed by atoms with E-state index in [1.807, 2.05) is 13.8 Å². The predicted octanol–water partition coefficient (Wildman–Crippen LogP) is 4.65. The maximum Gasteiger partial charge on any atom is 0.248 e. The Kier molecular flexibility index (Phi) is 9.23. The first-order chi connectivity index (χ1) is 9.67. The summed E-state index contributed by atoms with van der Waals surface area (Å²) in [6.07, 6.45) is 7.78. The molecule has 20 heavy (non-hydrogen) atoms. The molecule has 0 aliphatic rings. The number of nitrogens with one attached hydrogen (secondary N) is 1. The molecule has 1 amide bonds. The molecular formula is C17H20FNO. The number of hydrogen-bond donors (Lipinski definition) is 1. The van der Waals surface area contributed by atoms with Gasteiger partial charge in [0.05, 0.1) is 5.69 Å². The average Bonchev–Trinajstić information content (AvgIpc) is 2.48. The number of carbonyl (C=O) groups is 1. The Morgan fingerprint density at radius 2 is 1.85 bits per heavy atom. The minimum Gasteiger partial charge on any atom is -0.320 e. The summed E-state index contributed by atoms with van der Waals surface area (Å²) in [5.41, 5.74) is 0.897.